The van der Waals surface area contributed by atoms with Gasteiger partial charge in [-0.15, -0.1) is 21.5 Å². The molecule has 0 aliphatic rings. The van der Waals surface area contributed by atoms with Crippen LogP contribution in [0.5, 0.6) is 0 Å². The number of hydrogen-bond acceptors (Lipinski definition) is 6. The van der Waals surface area contributed by atoms with Crippen LogP contribution in [0.2, 0.25) is 0 Å². The first-order chi connectivity index (χ1) is 7.65. The lowest BCUT2D eigenvalue weighted by Gasteiger charge is -2.08. The van der Waals surface area contributed by atoms with Crippen LogP contribution in [0, 0.1) is 6.92 Å². The van der Waals surface area contributed by atoms with Gasteiger partial charge in [0.25, 0.3) is 0 Å². The van der Waals surface area contributed by atoms with E-state index in [2.05, 4.69) is 39.6 Å². The third-order valence-corrected chi connectivity index (χ3v) is 3.22. The molecule has 0 aliphatic carbocycles. The number of hydrogen-bond donors (Lipinski definition) is 1. The Morgan fingerprint density at radius 3 is 2.94 bits per heavy atom. The van der Waals surface area contributed by atoms with Crippen LogP contribution in [0.1, 0.15) is 28.7 Å². The summed E-state index contributed by atoms with van der Waals surface area (Å²) >= 11 is 1.70. The number of rotatable bonds is 4. The molecule has 1 N–H and O–H groups in total. The van der Waals surface area contributed by atoms with Crippen molar-refractivity contribution in [1.29, 1.82) is 0 Å². The number of nitrogens with zero attached hydrogens (tertiary/aromatic N) is 5. The summed E-state index contributed by atoms with van der Waals surface area (Å²) in [6.45, 7) is 4.74. The molecule has 1 unspecified atom stereocenters. The zero-order valence-electron chi connectivity index (χ0n) is 9.51. The molecule has 0 radical (unpaired) electrons. The van der Waals surface area contributed by atoms with E-state index in [1.807, 2.05) is 6.20 Å². The number of aryl methyl sites for hydroxylation is 2. The van der Waals surface area contributed by atoms with Gasteiger partial charge in [0.2, 0.25) is 0 Å². The Labute approximate surface area is 97.7 Å². The summed E-state index contributed by atoms with van der Waals surface area (Å²) < 4.78 is 0. The summed E-state index contributed by atoms with van der Waals surface area (Å²) in [5.41, 5.74) is 0. The summed E-state index contributed by atoms with van der Waals surface area (Å²) in [7, 11) is 1.75. The Morgan fingerprint density at radius 1 is 1.56 bits per heavy atom. The number of nitrogens with one attached hydrogen (secondary N) is 1. The average Bonchev–Trinajstić information content (AvgIpc) is 2.84. The lowest BCUT2D eigenvalue weighted by molar-refractivity contribution is 0.553. The fourth-order valence-electron chi connectivity index (χ4n) is 1.30. The van der Waals surface area contributed by atoms with Crippen LogP contribution in [-0.4, -0.2) is 25.2 Å². The van der Waals surface area contributed by atoms with Gasteiger partial charge < -0.3 is 5.32 Å². The van der Waals surface area contributed by atoms with E-state index in [0.29, 0.717) is 12.4 Å². The van der Waals surface area contributed by atoms with E-state index in [0.717, 1.165) is 5.01 Å². The molecule has 0 saturated heterocycles. The normalized spacial score (nSPS) is 12.9. The number of tetrazole rings is 1. The maximum Gasteiger partial charge on any atom is 0.188 e. The molecule has 2 aromatic heterocycles. The molecule has 0 aliphatic heterocycles. The van der Waals surface area contributed by atoms with Gasteiger partial charge >= 0.3 is 0 Å². The maximum atomic E-state index is 4.33. The monoisotopic (exact) mass is 238 g/mol. The minimum absolute atomic E-state index is 0.211. The first-order valence-corrected chi connectivity index (χ1v) is 5.85. The van der Waals surface area contributed by atoms with E-state index in [1.165, 1.54) is 9.67 Å². The summed E-state index contributed by atoms with van der Waals surface area (Å²) in [5, 5.41) is 16.2. The van der Waals surface area contributed by atoms with Crippen molar-refractivity contribution in [2.75, 3.05) is 0 Å². The molecule has 0 bridgehead atoms. The van der Waals surface area contributed by atoms with Gasteiger partial charge in [-0.1, -0.05) is 0 Å². The van der Waals surface area contributed by atoms with E-state index in [-0.39, 0.29) is 6.04 Å². The van der Waals surface area contributed by atoms with Crippen molar-refractivity contribution >= 4 is 11.3 Å². The van der Waals surface area contributed by atoms with Crippen LogP contribution >= 0.6 is 11.3 Å². The topological polar surface area (TPSA) is 68.5 Å². The van der Waals surface area contributed by atoms with Crippen LogP contribution in [0.15, 0.2) is 6.20 Å². The Balaban J connectivity index is 1.91. The fourth-order valence-corrected chi connectivity index (χ4v) is 2.10. The molecule has 6 nitrogen and oxygen atoms in total. The van der Waals surface area contributed by atoms with Crippen LogP contribution < -0.4 is 5.32 Å². The molecular formula is C9H14N6S. The Hall–Kier alpha value is -1.34. The summed E-state index contributed by atoms with van der Waals surface area (Å²) in [4.78, 5) is 7.00. The second-order valence-corrected chi connectivity index (χ2v) is 4.87. The molecule has 1 atom stereocenters. The van der Waals surface area contributed by atoms with Crippen molar-refractivity contribution in [3.8, 4) is 0 Å². The number of thiazole rings is 1. The van der Waals surface area contributed by atoms with Crippen molar-refractivity contribution in [3.63, 3.8) is 0 Å². The highest BCUT2D eigenvalue weighted by Crippen LogP contribution is 2.18. The highest BCUT2D eigenvalue weighted by atomic mass is 32.1. The molecule has 16 heavy (non-hydrogen) atoms. The van der Waals surface area contributed by atoms with Gasteiger partial charge in [0, 0.05) is 11.1 Å². The second kappa shape index (κ2) is 4.67. The lowest BCUT2D eigenvalue weighted by Crippen LogP contribution is -2.18. The molecule has 0 aromatic carbocycles. The second-order valence-electron chi connectivity index (χ2n) is 3.61. The molecular weight excluding hydrogens is 224 g/mol. The Bertz CT molecular complexity index is 462. The van der Waals surface area contributed by atoms with E-state index >= 15 is 0 Å². The maximum absolute atomic E-state index is 4.33. The Kier molecular flexibility index (Phi) is 3.25. The minimum Gasteiger partial charge on any atom is -0.301 e. The first-order valence-electron chi connectivity index (χ1n) is 5.03. The average molecular weight is 238 g/mol. The third-order valence-electron chi connectivity index (χ3n) is 2.13. The fraction of sp³-hybridized carbons (Fsp3) is 0.556. The molecule has 2 aromatic rings. The van der Waals surface area contributed by atoms with Crippen molar-refractivity contribution in [2.45, 2.75) is 26.4 Å². The molecule has 2 rings (SSSR count). The van der Waals surface area contributed by atoms with Gasteiger partial charge in [0.15, 0.2) is 5.82 Å². The smallest absolute Gasteiger partial charge is 0.188 e. The van der Waals surface area contributed by atoms with Gasteiger partial charge in [0.05, 0.1) is 19.6 Å². The van der Waals surface area contributed by atoms with E-state index in [1.54, 1.807) is 18.4 Å². The quantitative estimate of drug-likeness (QED) is 0.854. The van der Waals surface area contributed by atoms with Crippen LogP contribution in [-0.2, 0) is 13.6 Å². The summed E-state index contributed by atoms with van der Waals surface area (Å²) in [6, 6.07) is 0.211. The molecule has 2 heterocycles. The van der Waals surface area contributed by atoms with Crippen LogP contribution in [0.3, 0.4) is 0 Å². The number of aromatic nitrogens is 5. The van der Waals surface area contributed by atoms with Crippen molar-refractivity contribution in [2.24, 2.45) is 7.05 Å². The molecule has 0 spiro atoms. The van der Waals surface area contributed by atoms with Crippen LogP contribution in [0.25, 0.3) is 0 Å². The first kappa shape index (κ1) is 11.2. The zero-order chi connectivity index (χ0) is 11.5. The van der Waals surface area contributed by atoms with Crippen molar-refractivity contribution in [3.05, 3.63) is 21.9 Å². The minimum atomic E-state index is 0.211. The summed E-state index contributed by atoms with van der Waals surface area (Å²) in [6.07, 6.45) is 1.89. The van der Waals surface area contributed by atoms with Crippen LogP contribution in [0.4, 0.5) is 0 Å². The highest BCUT2D eigenvalue weighted by Gasteiger charge is 2.10. The van der Waals surface area contributed by atoms with Gasteiger partial charge in [-0.3, -0.25) is 0 Å². The molecule has 86 valence electrons. The van der Waals surface area contributed by atoms with E-state index in [4.69, 9.17) is 0 Å². The standard InChI is InChI=1S/C9H14N6S/c1-6-4-11-9(16-6)7(2)10-5-8-12-14-15(3)13-8/h4,7,10H,5H2,1-3H3. The largest absolute Gasteiger partial charge is 0.301 e. The Morgan fingerprint density at radius 2 is 2.38 bits per heavy atom. The summed E-state index contributed by atoms with van der Waals surface area (Å²) in [5.74, 6) is 0.697. The van der Waals surface area contributed by atoms with Gasteiger partial charge in [-0.2, -0.15) is 4.80 Å². The molecule has 7 heteroatoms. The van der Waals surface area contributed by atoms with E-state index in [9.17, 15) is 0 Å². The zero-order valence-corrected chi connectivity index (χ0v) is 10.3. The highest BCUT2D eigenvalue weighted by molar-refractivity contribution is 7.11. The van der Waals surface area contributed by atoms with Gasteiger partial charge in [0.1, 0.15) is 5.01 Å². The van der Waals surface area contributed by atoms with Gasteiger partial charge in [-0.05, 0) is 19.1 Å². The van der Waals surface area contributed by atoms with Crippen molar-refractivity contribution in [1.82, 2.24) is 30.5 Å². The molecule has 0 fully saturated rings. The predicted molar refractivity (Wildman–Crippen MR) is 60.9 cm³/mol. The molecule has 0 amide bonds. The van der Waals surface area contributed by atoms with Crippen molar-refractivity contribution < 1.29 is 0 Å². The SMILES string of the molecule is Cc1cnc(C(C)NCc2nnn(C)n2)s1. The third kappa shape index (κ3) is 2.61. The molecule has 0 saturated carbocycles. The van der Waals surface area contributed by atoms with Gasteiger partial charge in [-0.25, -0.2) is 4.98 Å². The predicted octanol–water partition coefficient (Wildman–Crippen LogP) is 0.826. The van der Waals surface area contributed by atoms with E-state index < -0.39 is 0 Å². The lowest BCUT2D eigenvalue weighted by atomic mass is 10.3.